The van der Waals surface area contributed by atoms with Crippen molar-refractivity contribution < 1.29 is 14.6 Å². The van der Waals surface area contributed by atoms with E-state index in [1.807, 2.05) is 0 Å². The predicted molar refractivity (Wildman–Crippen MR) is 106 cm³/mol. The third-order valence-electron chi connectivity index (χ3n) is 5.29. The van der Waals surface area contributed by atoms with Crippen molar-refractivity contribution in [2.45, 2.75) is 53.4 Å². The standard InChI is InChI=1S/C22H28N2O3/c1-5-27-21(26)20-16(8-6-7-11-25)19-18(24-20)13-14-12-15(22(2,3)4)9-10-17(14)23-19/h13,15,24-25H,5,7,9-12H2,1-4H3. The number of nitrogens with zero attached hydrogens (tertiary/aromatic N) is 1. The Labute approximate surface area is 160 Å². The fraction of sp³-hybridized carbons (Fsp3) is 0.545. The van der Waals surface area contributed by atoms with Gasteiger partial charge in [0, 0.05) is 12.1 Å². The van der Waals surface area contributed by atoms with Crippen LogP contribution < -0.4 is 0 Å². The number of fused-ring (bicyclic) bond motifs is 2. The van der Waals surface area contributed by atoms with Gasteiger partial charge in [-0.05, 0) is 49.1 Å². The third kappa shape index (κ3) is 4.01. The van der Waals surface area contributed by atoms with Gasteiger partial charge in [-0.3, -0.25) is 0 Å². The first-order chi connectivity index (χ1) is 12.8. The van der Waals surface area contributed by atoms with Crippen molar-refractivity contribution in [2.24, 2.45) is 11.3 Å². The van der Waals surface area contributed by atoms with Crippen LogP contribution in [0.15, 0.2) is 6.07 Å². The summed E-state index contributed by atoms with van der Waals surface area (Å²) in [6, 6.07) is 2.12. The SMILES string of the molecule is CCOC(=O)c1[nH]c2cc3c(nc2c1C#CCCO)CCC(C(C)(C)C)C3. The summed E-state index contributed by atoms with van der Waals surface area (Å²) in [5.74, 6) is 6.11. The number of aryl methyl sites for hydroxylation is 1. The summed E-state index contributed by atoms with van der Waals surface area (Å²) in [5, 5.41) is 9.00. The summed E-state index contributed by atoms with van der Waals surface area (Å²) >= 11 is 0. The molecule has 0 saturated carbocycles. The summed E-state index contributed by atoms with van der Waals surface area (Å²) in [7, 11) is 0. The lowest BCUT2D eigenvalue weighted by Gasteiger charge is -2.34. The van der Waals surface area contributed by atoms with Gasteiger partial charge in [-0.1, -0.05) is 32.6 Å². The van der Waals surface area contributed by atoms with Crippen LogP contribution in [0.1, 0.15) is 67.8 Å². The minimum absolute atomic E-state index is 0.0128. The Hall–Kier alpha value is -2.32. The molecule has 1 aliphatic rings. The monoisotopic (exact) mass is 368 g/mol. The van der Waals surface area contributed by atoms with E-state index in [9.17, 15) is 4.79 Å². The van der Waals surface area contributed by atoms with Gasteiger partial charge in [-0.2, -0.15) is 0 Å². The number of rotatable bonds is 3. The lowest BCUT2D eigenvalue weighted by molar-refractivity contribution is 0.0520. The normalized spacial score (nSPS) is 16.6. The smallest absolute Gasteiger partial charge is 0.356 e. The number of H-pyrrole nitrogens is 1. The number of carbonyl (C=O) groups is 1. The highest BCUT2D eigenvalue weighted by molar-refractivity contribution is 5.99. The highest BCUT2D eigenvalue weighted by Gasteiger charge is 2.30. The first-order valence-corrected chi connectivity index (χ1v) is 9.66. The maximum Gasteiger partial charge on any atom is 0.356 e. The van der Waals surface area contributed by atoms with Gasteiger partial charge in [0.25, 0.3) is 0 Å². The number of esters is 1. The number of aliphatic hydroxyl groups is 1. The van der Waals surface area contributed by atoms with Crippen LogP contribution in [0, 0.1) is 23.2 Å². The second kappa shape index (κ2) is 7.74. The zero-order valence-electron chi connectivity index (χ0n) is 16.6. The quantitative estimate of drug-likeness (QED) is 0.641. The van der Waals surface area contributed by atoms with E-state index < -0.39 is 5.97 Å². The number of nitrogens with one attached hydrogen (secondary N) is 1. The summed E-state index contributed by atoms with van der Waals surface area (Å²) in [6.07, 6.45) is 3.42. The molecule has 0 bridgehead atoms. The third-order valence-corrected chi connectivity index (χ3v) is 5.29. The van der Waals surface area contributed by atoms with Gasteiger partial charge in [0.2, 0.25) is 0 Å². The predicted octanol–water partition coefficient (Wildman–Crippen LogP) is 3.62. The molecule has 5 heteroatoms. The number of hydrogen-bond acceptors (Lipinski definition) is 4. The van der Waals surface area contributed by atoms with Crippen LogP contribution in [0.5, 0.6) is 0 Å². The second-order valence-electron chi connectivity index (χ2n) is 8.17. The Morgan fingerprint density at radius 1 is 1.44 bits per heavy atom. The van der Waals surface area contributed by atoms with E-state index in [-0.39, 0.29) is 12.0 Å². The number of aromatic nitrogens is 2. The molecule has 0 spiro atoms. The molecule has 1 atom stereocenters. The van der Waals surface area contributed by atoms with Gasteiger partial charge in [0.15, 0.2) is 0 Å². The highest BCUT2D eigenvalue weighted by atomic mass is 16.5. The molecule has 0 saturated heterocycles. The van der Waals surface area contributed by atoms with Gasteiger partial charge in [-0.15, -0.1) is 0 Å². The molecule has 0 aliphatic heterocycles. The Balaban J connectivity index is 2.08. The van der Waals surface area contributed by atoms with E-state index >= 15 is 0 Å². The highest BCUT2D eigenvalue weighted by Crippen LogP contribution is 2.38. The van der Waals surface area contributed by atoms with Crippen LogP contribution in [0.3, 0.4) is 0 Å². The fourth-order valence-corrected chi connectivity index (χ4v) is 3.69. The number of carbonyl (C=O) groups excluding carboxylic acids is 1. The van der Waals surface area contributed by atoms with Crippen molar-refractivity contribution in [3.63, 3.8) is 0 Å². The van der Waals surface area contributed by atoms with Crippen LogP contribution in [0.25, 0.3) is 11.0 Å². The number of aromatic amines is 1. The number of pyridine rings is 1. The van der Waals surface area contributed by atoms with Crippen molar-refractivity contribution in [1.29, 1.82) is 0 Å². The van der Waals surface area contributed by atoms with Crippen LogP contribution in [-0.4, -0.2) is 34.3 Å². The molecule has 0 radical (unpaired) electrons. The number of hydrogen-bond donors (Lipinski definition) is 2. The van der Waals surface area contributed by atoms with Crippen LogP contribution in [0.4, 0.5) is 0 Å². The minimum atomic E-state index is -0.422. The van der Waals surface area contributed by atoms with Crippen molar-refractivity contribution in [3.05, 3.63) is 28.6 Å². The first kappa shape index (κ1) is 19.4. The fourth-order valence-electron chi connectivity index (χ4n) is 3.69. The van der Waals surface area contributed by atoms with E-state index in [0.717, 1.165) is 36.0 Å². The van der Waals surface area contributed by atoms with Gasteiger partial charge in [0.05, 0.1) is 24.3 Å². The van der Waals surface area contributed by atoms with E-state index in [2.05, 4.69) is 43.7 Å². The molecule has 27 heavy (non-hydrogen) atoms. The molecule has 0 amide bonds. The topological polar surface area (TPSA) is 75.2 Å². The zero-order chi connectivity index (χ0) is 19.6. The van der Waals surface area contributed by atoms with E-state index in [4.69, 9.17) is 14.8 Å². The van der Waals surface area contributed by atoms with Gasteiger partial charge in [-0.25, -0.2) is 9.78 Å². The van der Waals surface area contributed by atoms with Gasteiger partial charge in [0.1, 0.15) is 11.2 Å². The average molecular weight is 368 g/mol. The molecular formula is C22H28N2O3. The first-order valence-electron chi connectivity index (χ1n) is 9.66. The van der Waals surface area contributed by atoms with E-state index in [1.165, 1.54) is 5.56 Å². The summed E-state index contributed by atoms with van der Waals surface area (Å²) < 4.78 is 5.18. The second-order valence-corrected chi connectivity index (χ2v) is 8.17. The van der Waals surface area contributed by atoms with Crippen LogP contribution in [-0.2, 0) is 17.6 Å². The molecule has 0 aromatic carbocycles. The maximum absolute atomic E-state index is 12.4. The largest absolute Gasteiger partial charge is 0.461 e. The molecule has 2 aromatic rings. The Morgan fingerprint density at radius 3 is 2.89 bits per heavy atom. The molecule has 3 rings (SSSR count). The lowest BCUT2D eigenvalue weighted by atomic mass is 9.71. The molecule has 5 nitrogen and oxygen atoms in total. The molecule has 2 N–H and O–H groups in total. The molecule has 1 aliphatic carbocycles. The minimum Gasteiger partial charge on any atom is -0.461 e. The molecular weight excluding hydrogens is 340 g/mol. The van der Waals surface area contributed by atoms with E-state index in [0.29, 0.717) is 30.2 Å². The van der Waals surface area contributed by atoms with Gasteiger partial charge < -0.3 is 14.8 Å². The van der Waals surface area contributed by atoms with Crippen molar-refractivity contribution in [2.75, 3.05) is 13.2 Å². The maximum atomic E-state index is 12.4. The van der Waals surface area contributed by atoms with Crippen LogP contribution >= 0.6 is 0 Å². The van der Waals surface area contributed by atoms with Gasteiger partial charge >= 0.3 is 5.97 Å². The Morgan fingerprint density at radius 2 is 2.22 bits per heavy atom. The molecule has 2 aromatic heterocycles. The number of aliphatic hydroxyl groups excluding tert-OH is 1. The Bertz CT molecular complexity index is 909. The molecule has 0 fully saturated rings. The summed E-state index contributed by atoms with van der Waals surface area (Å²) in [6.45, 7) is 8.93. The van der Waals surface area contributed by atoms with Crippen molar-refractivity contribution in [3.8, 4) is 11.8 Å². The van der Waals surface area contributed by atoms with E-state index in [1.54, 1.807) is 6.92 Å². The van der Waals surface area contributed by atoms with Crippen molar-refractivity contribution >= 4 is 17.0 Å². The summed E-state index contributed by atoms with van der Waals surface area (Å²) in [4.78, 5) is 20.4. The molecule has 144 valence electrons. The average Bonchev–Trinajstić information content (AvgIpc) is 2.97. The molecule has 1 unspecified atom stereocenters. The van der Waals surface area contributed by atoms with Crippen molar-refractivity contribution in [1.82, 2.24) is 9.97 Å². The zero-order valence-corrected chi connectivity index (χ0v) is 16.6. The van der Waals surface area contributed by atoms with Crippen LogP contribution in [0.2, 0.25) is 0 Å². The Kier molecular flexibility index (Phi) is 5.57. The lowest BCUT2D eigenvalue weighted by Crippen LogP contribution is -2.27. The molecule has 2 heterocycles. The summed E-state index contributed by atoms with van der Waals surface area (Å²) in [5.41, 5.74) is 5.07. The number of ether oxygens (including phenoxy) is 1.